The Balaban J connectivity index is 1.28. The quantitative estimate of drug-likeness (QED) is 0.649. The lowest BCUT2D eigenvalue weighted by molar-refractivity contribution is -0.152. The number of hydrogen-bond donors (Lipinski definition) is 1. The van der Waals surface area contributed by atoms with Crippen LogP contribution in [0.1, 0.15) is 11.1 Å². The van der Waals surface area contributed by atoms with Crippen molar-refractivity contribution in [1.82, 2.24) is 4.98 Å². The van der Waals surface area contributed by atoms with Gasteiger partial charge in [0.15, 0.2) is 11.7 Å². The molecule has 0 spiro atoms. The maximum absolute atomic E-state index is 12.3. The van der Waals surface area contributed by atoms with Crippen LogP contribution in [0.3, 0.4) is 0 Å². The van der Waals surface area contributed by atoms with Gasteiger partial charge >= 0.3 is 5.97 Å². The molecule has 1 unspecified atom stereocenters. The molecule has 148 valence electrons. The maximum Gasteiger partial charge on any atom is 0.313 e. The number of rotatable bonds is 5. The van der Waals surface area contributed by atoms with Gasteiger partial charge < -0.3 is 9.47 Å². The van der Waals surface area contributed by atoms with E-state index in [2.05, 4.69) is 10.3 Å². The fraction of sp³-hybridized carbons (Fsp3) is 0.227. The molecule has 0 saturated carbocycles. The van der Waals surface area contributed by atoms with E-state index in [1.165, 1.54) is 16.9 Å². The summed E-state index contributed by atoms with van der Waals surface area (Å²) in [6.07, 6.45) is 0.545. The molecule has 2 aromatic carbocycles. The fourth-order valence-corrected chi connectivity index (χ4v) is 3.81. The molecule has 0 aliphatic carbocycles. The summed E-state index contributed by atoms with van der Waals surface area (Å²) in [6, 6.07) is 15.6. The van der Waals surface area contributed by atoms with Gasteiger partial charge in [0.1, 0.15) is 12.4 Å². The lowest BCUT2D eigenvalue weighted by Crippen LogP contribution is -2.31. The van der Waals surface area contributed by atoms with Crippen molar-refractivity contribution in [2.75, 3.05) is 18.5 Å². The molecule has 0 radical (unpaired) electrons. The zero-order valence-corrected chi connectivity index (χ0v) is 16.7. The zero-order chi connectivity index (χ0) is 20.2. The van der Waals surface area contributed by atoms with Crippen molar-refractivity contribution in [3.05, 3.63) is 65.0 Å². The highest BCUT2D eigenvalue weighted by atomic mass is 32.1. The van der Waals surface area contributed by atoms with E-state index in [0.717, 1.165) is 22.6 Å². The third-order valence-electron chi connectivity index (χ3n) is 4.66. The Hall–Kier alpha value is -3.19. The van der Waals surface area contributed by atoms with Gasteiger partial charge in [0.25, 0.3) is 5.91 Å². The van der Waals surface area contributed by atoms with Gasteiger partial charge in [-0.25, -0.2) is 4.98 Å². The monoisotopic (exact) mass is 408 g/mol. The molecule has 0 saturated heterocycles. The van der Waals surface area contributed by atoms with Crippen molar-refractivity contribution in [3.63, 3.8) is 0 Å². The second-order valence-corrected chi connectivity index (χ2v) is 7.74. The number of anilines is 1. The van der Waals surface area contributed by atoms with Crippen LogP contribution in [0.4, 0.5) is 5.13 Å². The van der Waals surface area contributed by atoms with E-state index in [9.17, 15) is 9.59 Å². The molecule has 29 heavy (non-hydrogen) atoms. The third kappa shape index (κ3) is 4.63. The Morgan fingerprint density at radius 3 is 2.83 bits per heavy atom. The number of nitrogens with zero attached hydrogens (tertiary/aromatic N) is 1. The molecule has 2 heterocycles. The van der Waals surface area contributed by atoms with E-state index in [1.54, 1.807) is 0 Å². The number of fused-ring (bicyclic) bond motifs is 1. The number of nitrogens with one attached hydrogen (secondary N) is 1. The van der Waals surface area contributed by atoms with E-state index in [0.29, 0.717) is 11.6 Å². The number of ether oxygens (including phenoxy) is 2. The SMILES string of the molecule is Cc1ccc(-c2csc(NC(=O)COC(=O)C3COc4ccccc4C3)n2)cc1. The van der Waals surface area contributed by atoms with E-state index >= 15 is 0 Å². The standard InChI is InChI=1S/C22H20N2O4S/c1-14-6-8-15(9-7-14)18-13-29-22(23-18)24-20(25)12-28-21(26)17-10-16-4-2-3-5-19(16)27-11-17/h2-9,13,17H,10-12H2,1H3,(H,23,24,25). The summed E-state index contributed by atoms with van der Waals surface area (Å²) in [4.78, 5) is 28.8. The highest BCUT2D eigenvalue weighted by Gasteiger charge is 2.27. The van der Waals surface area contributed by atoms with Gasteiger partial charge in [0.05, 0.1) is 11.6 Å². The number of hydrogen-bond acceptors (Lipinski definition) is 6. The molecule has 1 aliphatic rings. The maximum atomic E-state index is 12.3. The smallest absolute Gasteiger partial charge is 0.313 e. The number of carbonyl (C=O) groups is 2. The molecule has 0 bridgehead atoms. The van der Waals surface area contributed by atoms with Crippen molar-refractivity contribution in [2.45, 2.75) is 13.3 Å². The first kappa shape index (κ1) is 19.1. The molecule has 4 rings (SSSR count). The first-order valence-corrected chi connectivity index (χ1v) is 10.2. The lowest BCUT2D eigenvalue weighted by Gasteiger charge is -2.23. The minimum Gasteiger partial charge on any atom is -0.492 e. The molecule has 3 aromatic rings. The number of amides is 1. The van der Waals surface area contributed by atoms with Crippen LogP contribution in [0.15, 0.2) is 53.9 Å². The van der Waals surface area contributed by atoms with Gasteiger partial charge in [-0.1, -0.05) is 48.0 Å². The van der Waals surface area contributed by atoms with Gasteiger partial charge in [-0.2, -0.15) is 0 Å². The molecule has 1 atom stereocenters. The van der Waals surface area contributed by atoms with E-state index in [-0.39, 0.29) is 13.2 Å². The first-order valence-electron chi connectivity index (χ1n) is 9.28. The van der Waals surface area contributed by atoms with Crippen molar-refractivity contribution in [1.29, 1.82) is 0 Å². The van der Waals surface area contributed by atoms with Crippen LogP contribution >= 0.6 is 11.3 Å². The summed E-state index contributed by atoms with van der Waals surface area (Å²) in [6.45, 7) is 1.93. The lowest BCUT2D eigenvalue weighted by atomic mass is 9.97. The summed E-state index contributed by atoms with van der Waals surface area (Å²) in [5, 5.41) is 5.02. The van der Waals surface area contributed by atoms with Crippen molar-refractivity contribution in [3.8, 4) is 17.0 Å². The normalized spacial score (nSPS) is 15.1. The van der Waals surface area contributed by atoms with Crippen LogP contribution in [0.2, 0.25) is 0 Å². The predicted molar refractivity (Wildman–Crippen MR) is 111 cm³/mol. The largest absolute Gasteiger partial charge is 0.492 e. The fourth-order valence-electron chi connectivity index (χ4n) is 3.08. The second kappa shape index (κ2) is 8.45. The number of thiazole rings is 1. The number of benzene rings is 2. The number of carbonyl (C=O) groups excluding carboxylic acids is 2. The average Bonchev–Trinajstić information content (AvgIpc) is 3.20. The summed E-state index contributed by atoms with van der Waals surface area (Å²) in [7, 11) is 0. The number of esters is 1. The summed E-state index contributed by atoms with van der Waals surface area (Å²) in [5.74, 6) is -0.470. The van der Waals surface area contributed by atoms with Crippen LogP contribution in [-0.2, 0) is 20.7 Å². The van der Waals surface area contributed by atoms with Crippen molar-refractivity contribution < 1.29 is 19.1 Å². The summed E-state index contributed by atoms with van der Waals surface area (Å²) >= 11 is 1.33. The average molecular weight is 408 g/mol. The molecule has 1 N–H and O–H groups in total. The minimum absolute atomic E-state index is 0.254. The van der Waals surface area contributed by atoms with Gasteiger partial charge in [0, 0.05) is 10.9 Å². The molecule has 1 aromatic heterocycles. The van der Waals surface area contributed by atoms with Gasteiger partial charge in [0.2, 0.25) is 0 Å². The Bertz CT molecular complexity index is 1030. The van der Waals surface area contributed by atoms with Crippen molar-refractivity contribution >= 4 is 28.3 Å². The zero-order valence-electron chi connectivity index (χ0n) is 15.9. The van der Waals surface area contributed by atoms with E-state index in [4.69, 9.17) is 9.47 Å². The predicted octanol–water partition coefficient (Wildman–Crippen LogP) is 3.85. The van der Waals surface area contributed by atoms with Crippen LogP contribution in [0.5, 0.6) is 5.75 Å². The highest BCUT2D eigenvalue weighted by Crippen LogP contribution is 2.27. The second-order valence-electron chi connectivity index (χ2n) is 6.88. The Morgan fingerprint density at radius 1 is 1.21 bits per heavy atom. The van der Waals surface area contributed by atoms with E-state index in [1.807, 2.05) is 60.8 Å². The summed E-state index contributed by atoms with van der Waals surface area (Å²) in [5.41, 5.74) is 3.92. The van der Waals surface area contributed by atoms with Crippen LogP contribution in [0.25, 0.3) is 11.3 Å². The van der Waals surface area contributed by atoms with Crippen LogP contribution < -0.4 is 10.1 Å². The Labute approximate surface area is 172 Å². The van der Waals surface area contributed by atoms with Crippen molar-refractivity contribution in [2.24, 2.45) is 5.92 Å². The first-order chi connectivity index (χ1) is 14.1. The van der Waals surface area contributed by atoms with Crippen LogP contribution in [-0.4, -0.2) is 30.1 Å². The number of aromatic nitrogens is 1. The molecule has 7 heteroatoms. The van der Waals surface area contributed by atoms with Gasteiger partial charge in [-0.05, 0) is 25.0 Å². The van der Waals surface area contributed by atoms with Gasteiger partial charge in [-0.3, -0.25) is 14.9 Å². The molecule has 0 fully saturated rings. The Morgan fingerprint density at radius 2 is 2.00 bits per heavy atom. The number of para-hydroxylation sites is 1. The molecule has 1 aliphatic heterocycles. The minimum atomic E-state index is -0.436. The van der Waals surface area contributed by atoms with Gasteiger partial charge in [-0.15, -0.1) is 11.3 Å². The highest BCUT2D eigenvalue weighted by molar-refractivity contribution is 7.14. The molecule has 6 nitrogen and oxygen atoms in total. The molecular formula is C22H20N2O4S. The summed E-state index contributed by atoms with van der Waals surface area (Å²) < 4.78 is 10.8. The topological polar surface area (TPSA) is 77.5 Å². The number of aryl methyl sites for hydroxylation is 1. The van der Waals surface area contributed by atoms with E-state index < -0.39 is 17.8 Å². The molecule has 1 amide bonds. The molecular weight excluding hydrogens is 388 g/mol. The third-order valence-corrected chi connectivity index (χ3v) is 5.41. The Kier molecular flexibility index (Phi) is 5.57. The van der Waals surface area contributed by atoms with Crippen LogP contribution in [0, 0.1) is 12.8 Å².